The summed E-state index contributed by atoms with van der Waals surface area (Å²) >= 11 is 0. The molecule has 1 aromatic carbocycles. The molecule has 0 aliphatic carbocycles. The van der Waals surface area contributed by atoms with E-state index in [1.54, 1.807) is 39.2 Å². The Labute approximate surface area is 102 Å². The highest BCUT2D eigenvalue weighted by atomic mass is 19.1. The fraction of sp³-hybridized carbons (Fsp3) is 0.462. The van der Waals surface area contributed by atoms with E-state index in [0.717, 1.165) is 0 Å². The van der Waals surface area contributed by atoms with Crippen molar-refractivity contribution in [2.24, 2.45) is 0 Å². The van der Waals surface area contributed by atoms with Crippen LogP contribution in [0.1, 0.15) is 25.5 Å². The monoisotopic (exact) mass is 238 g/mol. The topological polar surface area (TPSA) is 32.3 Å². The number of halogens is 1. The van der Waals surface area contributed by atoms with E-state index in [9.17, 15) is 9.18 Å². The smallest absolute Gasteiger partial charge is 0.238 e. The molecule has 0 spiro atoms. The molecule has 0 aliphatic rings. The van der Waals surface area contributed by atoms with Gasteiger partial charge in [0.25, 0.3) is 0 Å². The third-order valence-corrected chi connectivity index (χ3v) is 2.68. The predicted molar refractivity (Wildman–Crippen MR) is 66.1 cm³/mol. The second-order valence-electron chi connectivity index (χ2n) is 4.36. The lowest BCUT2D eigenvalue weighted by Crippen LogP contribution is -2.42. The SMILES string of the molecule is CC(NC(C)c1ccccc1F)C(=O)N(C)C. The maximum absolute atomic E-state index is 13.5. The molecule has 0 fully saturated rings. The van der Waals surface area contributed by atoms with Crippen LogP contribution in [-0.4, -0.2) is 30.9 Å². The van der Waals surface area contributed by atoms with Crippen LogP contribution in [0.25, 0.3) is 0 Å². The van der Waals surface area contributed by atoms with E-state index >= 15 is 0 Å². The van der Waals surface area contributed by atoms with Gasteiger partial charge in [0.1, 0.15) is 5.82 Å². The number of benzene rings is 1. The summed E-state index contributed by atoms with van der Waals surface area (Å²) in [7, 11) is 3.41. The Morgan fingerprint density at radius 1 is 1.29 bits per heavy atom. The van der Waals surface area contributed by atoms with Gasteiger partial charge in [-0.3, -0.25) is 10.1 Å². The average molecular weight is 238 g/mol. The van der Waals surface area contributed by atoms with Gasteiger partial charge >= 0.3 is 0 Å². The summed E-state index contributed by atoms with van der Waals surface area (Å²) in [6, 6.07) is 6.05. The molecule has 4 heteroatoms. The van der Waals surface area contributed by atoms with Gasteiger partial charge in [-0.15, -0.1) is 0 Å². The Morgan fingerprint density at radius 3 is 2.41 bits per heavy atom. The van der Waals surface area contributed by atoms with E-state index < -0.39 is 0 Å². The Morgan fingerprint density at radius 2 is 1.88 bits per heavy atom. The third-order valence-electron chi connectivity index (χ3n) is 2.68. The number of nitrogens with one attached hydrogen (secondary N) is 1. The van der Waals surface area contributed by atoms with Crippen LogP contribution in [0.4, 0.5) is 4.39 Å². The highest BCUT2D eigenvalue weighted by molar-refractivity contribution is 5.80. The zero-order chi connectivity index (χ0) is 13.0. The van der Waals surface area contributed by atoms with Gasteiger partial charge in [-0.1, -0.05) is 18.2 Å². The van der Waals surface area contributed by atoms with E-state index in [4.69, 9.17) is 0 Å². The zero-order valence-electron chi connectivity index (χ0n) is 10.7. The lowest BCUT2D eigenvalue weighted by Gasteiger charge is -2.22. The number of hydrogen-bond acceptors (Lipinski definition) is 2. The van der Waals surface area contributed by atoms with Crippen molar-refractivity contribution in [3.05, 3.63) is 35.6 Å². The molecule has 0 saturated carbocycles. The Hall–Kier alpha value is -1.42. The van der Waals surface area contributed by atoms with Gasteiger partial charge in [0, 0.05) is 25.7 Å². The fourth-order valence-corrected chi connectivity index (χ4v) is 1.75. The molecule has 1 amide bonds. The summed E-state index contributed by atoms with van der Waals surface area (Å²) in [5.74, 6) is -0.273. The van der Waals surface area contributed by atoms with Gasteiger partial charge in [-0.2, -0.15) is 0 Å². The molecule has 0 heterocycles. The van der Waals surface area contributed by atoms with Crippen molar-refractivity contribution in [3.63, 3.8) is 0 Å². The predicted octanol–water partition coefficient (Wildman–Crippen LogP) is 1.95. The first-order valence-electron chi connectivity index (χ1n) is 5.65. The summed E-state index contributed by atoms with van der Waals surface area (Å²) in [4.78, 5) is 13.2. The van der Waals surface area contributed by atoms with Gasteiger partial charge in [0.05, 0.1) is 6.04 Å². The number of hydrogen-bond donors (Lipinski definition) is 1. The normalized spacial score (nSPS) is 14.2. The second kappa shape index (κ2) is 5.77. The largest absolute Gasteiger partial charge is 0.347 e. The van der Waals surface area contributed by atoms with Gasteiger partial charge in [-0.25, -0.2) is 4.39 Å². The summed E-state index contributed by atoms with van der Waals surface area (Å²) < 4.78 is 13.5. The quantitative estimate of drug-likeness (QED) is 0.869. The van der Waals surface area contributed by atoms with E-state index in [0.29, 0.717) is 5.56 Å². The highest BCUT2D eigenvalue weighted by Crippen LogP contribution is 2.16. The fourth-order valence-electron chi connectivity index (χ4n) is 1.75. The number of carbonyl (C=O) groups excluding carboxylic acids is 1. The first-order chi connectivity index (χ1) is 7.93. The maximum atomic E-state index is 13.5. The van der Waals surface area contributed by atoms with Crippen LogP contribution in [0.15, 0.2) is 24.3 Å². The van der Waals surface area contributed by atoms with Crippen LogP contribution in [0.2, 0.25) is 0 Å². The number of nitrogens with zero attached hydrogens (tertiary/aromatic N) is 1. The molecule has 0 aliphatic heterocycles. The molecule has 0 aromatic heterocycles. The van der Waals surface area contributed by atoms with Crippen LogP contribution >= 0.6 is 0 Å². The van der Waals surface area contributed by atoms with Crippen molar-refractivity contribution >= 4 is 5.91 Å². The molecule has 3 nitrogen and oxygen atoms in total. The number of carbonyl (C=O) groups is 1. The van der Waals surface area contributed by atoms with Crippen molar-refractivity contribution in [2.45, 2.75) is 25.9 Å². The number of rotatable bonds is 4. The maximum Gasteiger partial charge on any atom is 0.238 e. The van der Waals surface area contributed by atoms with Crippen molar-refractivity contribution in [1.29, 1.82) is 0 Å². The van der Waals surface area contributed by atoms with Crippen LogP contribution in [-0.2, 0) is 4.79 Å². The van der Waals surface area contributed by atoms with Crippen LogP contribution in [0, 0.1) is 5.82 Å². The van der Waals surface area contributed by atoms with Crippen molar-refractivity contribution in [3.8, 4) is 0 Å². The molecule has 1 rings (SSSR count). The van der Waals surface area contributed by atoms with Crippen LogP contribution < -0.4 is 5.32 Å². The van der Waals surface area contributed by atoms with E-state index in [1.165, 1.54) is 11.0 Å². The Bertz CT molecular complexity index is 393. The minimum absolute atomic E-state index is 0.0202. The molecule has 1 N–H and O–H groups in total. The van der Waals surface area contributed by atoms with Gasteiger partial charge in [0.15, 0.2) is 0 Å². The number of amides is 1. The minimum Gasteiger partial charge on any atom is -0.347 e. The Kier molecular flexibility index (Phi) is 4.63. The first-order valence-corrected chi connectivity index (χ1v) is 5.65. The lowest BCUT2D eigenvalue weighted by atomic mass is 10.1. The summed E-state index contributed by atoms with van der Waals surface area (Å²) in [6.45, 7) is 3.62. The molecule has 2 atom stereocenters. The molecular formula is C13H19FN2O. The van der Waals surface area contributed by atoms with Gasteiger partial charge in [0.2, 0.25) is 5.91 Å². The van der Waals surface area contributed by atoms with Crippen molar-refractivity contribution in [1.82, 2.24) is 10.2 Å². The lowest BCUT2D eigenvalue weighted by molar-refractivity contribution is -0.130. The molecule has 0 bridgehead atoms. The van der Waals surface area contributed by atoms with E-state index in [2.05, 4.69) is 5.32 Å². The highest BCUT2D eigenvalue weighted by Gasteiger charge is 2.18. The van der Waals surface area contributed by atoms with Gasteiger partial charge in [-0.05, 0) is 19.9 Å². The van der Waals surface area contributed by atoms with Crippen molar-refractivity contribution < 1.29 is 9.18 Å². The van der Waals surface area contributed by atoms with Crippen LogP contribution in [0.5, 0.6) is 0 Å². The number of likely N-dealkylation sites (N-methyl/N-ethyl adjacent to an activating group) is 1. The van der Waals surface area contributed by atoms with E-state index in [1.807, 2.05) is 6.92 Å². The summed E-state index contributed by atoms with van der Waals surface area (Å²) in [5.41, 5.74) is 0.575. The molecule has 0 saturated heterocycles. The Balaban J connectivity index is 2.70. The third kappa shape index (κ3) is 3.53. The average Bonchev–Trinajstić information content (AvgIpc) is 2.28. The molecule has 1 aromatic rings. The standard InChI is InChI=1S/C13H19FN2O/c1-9(11-7-5-6-8-12(11)14)15-10(2)13(17)16(3)4/h5-10,15H,1-4H3. The van der Waals surface area contributed by atoms with Crippen LogP contribution in [0.3, 0.4) is 0 Å². The molecular weight excluding hydrogens is 219 g/mol. The minimum atomic E-state index is -0.334. The molecule has 0 radical (unpaired) electrons. The molecule has 17 heavy (non-hydrogen) atoms. The summed E-state index contributed by atoms with van der Waals surface area (Å²) in [6.07, 6.45) is 0. The first kappa shape index (κ1) is 13.6. The van der Waals surface area contributed by atoms with Gasteiger partial charge < -0.3 is 4.90 Å². The molecule has 94 valence electrons. The summed E-state index contributed by atoms with van der Waals surface area (Å²) in [5, 5.41) is 3.09. The zero-order valence-corrected chi connectivity index (χ0v) is 10.7. The molecule has 2 unspecified atom stereocenters. The second-order valence-corrected chi connectivity index (χ2v) is 4.36. The van der Waals surface area contributed by atoms with Crippen molar-refractivity contribution in [2.75, 3.05) is 14.1 Å². The van der Waals surface area contributed by atoms with E-state index in [-0.39, 0.29) is 23.8 Å².